The van der Waals surface area contributed by atoms with Gasteiger partial charge in [-0.2, -0.15) is 0 Å². The van der Waals surface area contributed by atoms with E-state index in [1.807, 2.05) is 48.5 Å². The molecule has 2 aromatic rings. The molecular formula is C17H17NO2. The molecule has 0 bridgehead atoms. The van der Waals surface area contributed by atoms with Crippen LogP contribution in [0, 0.1) is 0 Å². The normalized spacial score (nSPS) is 14.1. The van der Waals surface area contributed by atoms with E-state index in [1.54, 1.807) is 0 Å². The first-order valence-corrected chi connectivity index (χ1v) is 6.86. The second-order valence-electron chi connectivity index (χ2n) is 5.07. The lowest BCUT2D eigenvalue weighted by Gasteiger charge is -2.06. The maximum atomic E-state index is 12.3. The van der Waals surface area contributed by atoms with Gasteiger partial charge in [0.15, 0.2) is 5.78 Å². The Morgan fingerprint density at radius 2 is 1.55 bits per heavy atom. The topological polar surface area (TPSA) is 52.3 Å². The second-order valence-corrected chi connectivity index (χ2v) is 5.07. The summed E-state index contributed by atoms with van der Waals surface area (Å²) in [4.78, 5) is 12.3. The number of ketones is 1. The number of hydrogen-bond donors (Lipinski definition) is 1. The zero-order valence-electron chi connectivity index (χ0n) is 11.2. The molecule has 3 heteroatoms. The van der Waals surface area contributed by atoms with Crippen LogP contribution in [-0.2, 0) is 6.54 Å². The van der Waals surface area contributed by atoms with Crippen LogP contribution in [0.4, 0.5) is 0 Å². The minimum Gasteiger partial charge on any atom is -0.490 e. The summed E-state index contributed by atoms with van der Waals surface area (Å²) in [6, 6.07) is 14.8. The van der Waals surface area contributed by atoms with Crippen molar-refractivity contribution >= 4 is 5.78 Å². The maximum absolute atomic E-state index is 12.3. The number of rotatable bonds is 5. The number of hydrogen-bond acceptors (Lipinski definition) is 3. The average Bonchev–Trinajstić information content (AvgIpc) is 3.31. The Morgan fingerprint density at radius 3 is 2.05 bits per heavy atom. The molecule has 0 unspecified atom stereocenters. The molecule has 2 N–H and O–H groups in total. The molecule has 0 spiro atoms. The van der Waals surface area contributed by atoms with E-state index in [1.165, 1.54) is 0 Å². The van der Waals surface area contributed by atoms with Gasteiger partial charge in [0.2, 0.25) is 0 Å². The summed E-state index contributed by atoms with van der Waals surface area (Å²) in [5.41, 5.74) is 7.93. The van der Waals surface area contributed by atoms with Gasteiger partial charge in [-0.25, -0.2) is 0 Å². The molecule has 1 aliphatic carbocycles. The third kappa shape index (κ3) is 2.89. The smallest absolute Gasteiger partial charge is 0.193 e. The van der Waals surface area contributed by atoms with Crippen LogP contribution in [-0.4, -0.2) is 11.9 Å². The maximum Gasteiger partial charge on any atom is 0.193 e. The van der Waals surface area contributed by atoms with Gasteiger partial charge in [0.25, 0.3) is 0 Å². The highest BCUT2D eigenvalue weighted by Crippen LogP contribution is 2.27. The molecule has 102 valence electrons. The van der Waals surface area contributed by atoms with E-state index >= 15 is 0 Å². The monoisotopic (exact) mass is 267 g/mol. The van der Waals surface area contributed by atoms with Crippen LogP contribution < -0.4 is 10.5 Å². The predicted octanol–water partition coefficient (Wildman–Crippen LogP) is 2.92. The van der Waals surface area contributed by atoms with Crippen molar-refractivity contribution in [2.24, 2.45) is 5.73 Å². The molecule has 0 amide bonds. The van der Waals surface area contributed by atoms with E-state index in [4.69, 9.17) is 10.5 Å². The highest BCUT2D eigenvalue weighted by Gasteiger charge is 2.23. The van der Waals surface area contributed by atoms with Crippen LogP contribution >= 0.6 is 0 Å². The molecule has 1 saturated carbocycles. The van der Waals surface area contributed by atoms with Gasteiger partial charge < -0.3 is 10.5 Å². The largest absolute Gasteiger partial charge is 0.490 e. The summed E-state index contributed by atoms with van der Waals surface area (Å²) in [6.07, 6.45) is 2.64. The lowest BCUT2D eigenvalue weighted by Crippen LogP contribution is -2.03. The molecule has 0 heterocycles. The Morgan fingerprint density at radius 1 is 1.00 bits per heavy atom. The molecule has 3 rings (SSSR count). The summed E-state index contributed by atoms with van der Waals surface area (Å²) in [5.74, 6) is 0.856. The summed E-state index contributed by atoms with van der Waals surface area (Å²) >= 11 is 0. The van der Waals surface area contributed by atoms with Crippen molar-refractivity contribution in [3.63, 3.8) is 0 Å². The van der Waals surface area contributed by atoms with Gasteiger partial charge >= 0.3 is 0 Å². The van der Waals surface area contributed by atoms with Crippen molar-refractivity contribution in [3.05, 3.63) is 65.2 Å². The van der Waals surface area contributed by atoms with Gasteiger partial charge in [0.1, 0.15) is 5.75 Å². The fraction of sp³-hybridized carbons (Fsp3) is 0.235. The molecule has 0 aromatic heterocycles. The van der Waals surface area contributed by atoms with Gasteiger partial charge in [-0.15, -0.1) is 0 Å². The van der Waals surface area contributed by atoms with Crippen molar-refractivity contribution in [2.45, 2.75) is 25.5 Å². The summed E-state index contributed by atoms with van der Waals surface area (Å²) in [5, 5.41) is 0. The number of nitrogens with two attached hydrogens (primary N) is 1. The van der Waals surface area contributed by atoms with E-state index in [2.05, 4.69) is 0 Å². The molecule has 0 aliphatic heterocycles. The van der Waals surface area contributed by atoms with Crippen molar-refractivity contribution in [2.75, 3.05) is 0 Å². The molecule has 0 atom stereocenters. The molecule has 1 fully saturated rings. The SMILES string of the molecule is NCc1ccc(C(=O)c2ccc(OC3CC3)cc2)cc1. The minimum atomic E-state index is 0.0199. The molecule has 0 saturated heterocycles. The van der Waals surface area contributed by atoms with Crippen LogP contribution in [0.1, 0.15) is 34.3 Å². The molecular weight excluding hydrogens is 250 g/mol. The predicted molar refractivity (Wildman–Crippen MR) is 77.9 cm³/mol. The van der Waals surface area contributed by atoms with Gasteiger partial charge in [-0.3, -0.25) is 4.79 Å². The Hall–Kier alpha value is -2.13. The zero-order chi connectivity index (χ0) is 13.9. The molecule has 0 radical (unpaired) electrons. The molecule has 2 aromatic carbocycles. The van der Waals surface area contributed by atoms with Gasteiger partial charge in [0.05, 0.1) is 6.10 Å². The number of ether oxygens (including phenoxy) is 1. The minimum absolute atomic E-state index is 0.0199. The van der Waals surface area contributed by atoms with Crippen molar-refractivity contribution in [1.82, 2.24) is 0 Å². The standard InChI is InChI=1S/C17H17NO2/c18-11-12-1-3-13(4-2-12)17(19)14-5-7-15(8-6-14)20-16-9-10-16/h1-8,16H,9-11,18H2. The van der Waals surface area contributed by atoms with E-state index in [0.29, 0.717) is 23.8 Å². The average molecular weight is 267 g/mol. The van der Waals surface area contributed by atoms with Crippen LogP contribution in [0.3, 0.4) is 0 Å². The first kappa shape index (κ1) is 12.9. The highest BCUT2D eigenvalue weighted by molar-refractivity contribution is 6.09. The van der Waals surface area contributed by atoms with E-state index in [9.17, 15) is 4.79 Å². The number of carbonyl (C=O) groups excluding carboxylic acids is 1. The zero-order valence-corrected chi connectivity index (χ0v) is 11.2. The lowest BCUT2D eigenvalue weighted by atomic mass is 10.0. The quantitative estimate of drug-likeness (QED) is 0.847. The first-order valence-electron chi connectivity index (χ1n) is 6.86. The van der Waals surface area contributed by atoms with Gasteiger partial charge in [-0.1, -0.05) is 24.3 Å². The third-order valence-corrected chi connectivity index (χ3v) is 3.40. The Labute approximate surface area is 118 Å². The molecule has 1 aliphatic rings. The Bertz CT molecular complexity index is 598. The summed E-state index contributed by atoms with van der Waals surface area (Å²) in [6.45, 7) is 0.488. The van der Waals surface area contributed by atoms with Gasteiger partial charge in [-0.05, 0) is 42.7 Å². The van der Waals surface area contributed by atoms with Crippen LogP contribution in [0.15, 0.2) is 48.5 Å². The molecule has 20 heavy (non-hydrogen) atoms. The second kappa shape index (κ2) is 5.47. The number of benzene rings is 2. The number of carbonyl (C=O) groups is 1. The lowest BCUT2D eigenvalue weighted by molar-refractivity contribution is 0.103. The van der Waals surface area contributed by atoms with Crippen molar-refractivity contribution in [3.8, 4) is 5.75 Å². The first-order chi connectivity index (χ1) is 9.76. The van der Waals surface area contributed by atoms with E-state index < -0.39 is 0 Å². The fourth-order valence-corrected chi connectivity index (χ4v) is 2.02. The van der Waals surface area contributed by atoms with Gasteiger partial charge in [0, 0.05) is 17.7 Å². The van der Waals surface area contributed by atoms with Crippen molar-refractivity contribution in [1.29, 1.82) is 0 Å². The molecule has 3 nitrogen and oxygen atoms in total. The van der Waals surface area contributed by atoms with Crippen LogP contribution in [0.5, 0.6) is 5.75 Å². The van der Waals surface area contributed by atoms with Crippen LogP contribution in [0.2, 0.25) is 0 Å². The van der Waals surface area contributed by atoms with E-state index in [-0.39, 0.29) is 5.78 Å². The summed E-state index contributed by atoms with van der Waals surface area (Å²) < 4.78 is 5.67. The Kier molecular flexibility index (Phi) is 3.52. The third-order valence-electron chi connectivity index (χ3n) is 3.40. The Balaban J connectivity index is 1.74. The van der Waals surface area contributed by atoms with Crippen LogP contribution in [0.25, 0.3) is 0 Å². The highest BCUT2D eigenvalue weighted by atomic mass is 16.5. The van der Waals surface area contributed by atoms with E-state index in [0.717, 1.165) is 24.2 Å². The fourth-order valence-electron chi connectivity index (χ4n) is 2.02. The van der Waals surface area contributed by atoms with Crippen molar-refractivity contribution < 1.29 is 9.53 Å². The summed E-state index contributed by atoms with van der Waals surface area (Å²) in [7, 11) is 0.